The second kappa shape index (κ2) is 9.57. The predicted octanol–water partition coefficient (Wildman–Crippen LogP) is -1.92. The van der Waals surface area contributed by atoms with Gasteiger partial charge in [0.15, 0.2) is 12.2 Å². The Morgan fingerprint density at radius 3 is 2.26 bits per heavy atom. The molecule has 13 heteroatoms. The molecule has 0 aromatic rings. The summed E-state index contributed by atoms with van der Waals surface area (Å²) in [7, 11) is 0. The highest BCUT2D eigenvalue weighted by Crippen LogP contribution is 2.47. The lowest BCUT2D eigenvalue weighted by molar-refractivity contribution is -0.320. The van der Waals surface area contributed by atoms with Gasteiger partial charge in [0, 0.05) is 20.8 Å². The Morgan fingerprint density at radius 1 is 1.00 bits per heavy atom. The first-order chi connectivity index (χ1) is 14.6. The normalized spacial score (nSPS) is 42.0. The minimum Gasteiger partial charge on any atom is -0.463 e. The van der Waals surface area contributed by atoms with E-state index in [1.165, 1.54) is 6.92 Å². The zero-order valence-corrected chi connectivity index (χ0v) is 18.0. The van der Waals surface area contributed by atoms with E-state index >= 15 is 0 Å². The topological polar surface area (TPSA) is 167 Å². The molecule has 3 aliphatic heterocycles. The average molecular weight is 466 g/mol. The first kappa shape index (κ1) is 24.2. The van der Waals surface area contributed by atoms with Crippen molar-refractivity contribution in [1.82, 2.24) is 0 Å². The van der Waals surface area contributed by atoms with Gasteiger partial charge in [0.25, 0.3) is 0 Å². The van der Waals surface area contributed by atoms with Gasteiger partial charge in [-0.05, 0) is 0 Å². The average Bonchev–Trinajstić information content (AvgIpc) is 2.95. The Labute approximate surface area is 182 Å². The van der Waals surface area contributed by atoms with Crippen LogP contribution < -0.4 is 0 Å². The Kier molecular flexibility index (Phi) is 7.46. The van der Waals surface area contributed by atoms with Gasteiger partial charge in [-0.15, -0.1) is 11.8 Å². The summed E-state index contributed by atoms with van der Waals surface area (Å²) in [6.07, 6.45) is -8.41. The predicted molar refractivity (Wildman–Crippen MR) is 100 cm³/mol. The van der Waals surface area contributed by atoms with Crippen LogP contribution in [0.5, 0.6) is 0 Å². The van der Waals surface area contributed by atoms with Gasteiger partial charge in [-0.3, -0.25) is 14.4 Å². The maximum Gasteiger partial charge on any atom is 0.303 e. The van der Waals surface area contributed by atoms with Crippen LogP contribution in [0.2, 0.25) is 0 Å². The Bertz CT molecular complexity index is 701. The van der Waals surface area contributed by atoms with E-state index in [0.717, 1.165) is 25.6 Å². The fourth-order valence-corrected chi connectivity index (χ4v) is 5.14. The Balaban J connectivity index is 1.90. The molecule has 0 aliphatic carbocycles. The van der Waals surface area contributed by atoms with Crippen LogP contribution in [0.1, 0.15) is 20.8 Å². The zero-order valence-electron chi connectivity index (χ0n) is 17.2. The van der Waals surface area contributed by atoms with Gasteiger partial charge in [0.2, 0.25) is 5.79 Å². The number of carbonyl (C=O) groups is 3. The number of ether oxygens (including phenoxy) is 6. The molecule has 0 aromatic carbocycles. The van der Waals surface area contributed by atoms with Crippen LogP contribution in [0, 0.1) is 0 Å². The number of hydrogen-bond donors (Lipinski definition) is 3. The number of rotatable bonds is 5. The molecule has 3 saturated heterocycles. The van der Waals surface area contributed by atoms with E-state index < -0.39 is 78.5 Å². The smallest absolute Gasteiger partial charge is 0.303 e. The van der Waals surface area contributed by atoms with Gasteiger partial charge >= 0.3 is 17.9 Å². The maximum atomic E-state index is 11.8. The van der Waals surface area contributed by atoms with Crippen LogP contribution in [-0.4, -0.2) is 106 Å². The fourth-order valence-electron chi connectivity index (χ4n) is 3.82. The van der Waals surface area contributed by atoms with E-state index in [1.807, 2.05) is 0 Å². The van der Waals surface area contributed by atoms with Gasteiger partial charge in [0.05, 0.1) is 12.4 Å². The lowest BCUT2D eigenvalue weighted by Gasteiger charge is -2.49. The standard InChI is InChI=1S/C18H26O12S/c1-7(20)25-5-11-14(26-8(2)21)16(27-9(3)22)18(29-11)6-31-17-15(30-18)13(24)12(23)10(4-19)28-17/h10-17,19,23-24H,4-6H2,1-3H3/t10-,11-,12-,13+,14-,15-,16+,17-,18-/m1/s1. The molecule has 3 heterocycles. The molecule has 3 rings (SSSR count). The summed E-state index contributed by atoms with van der Waals surface area (Å²) >= 11 is 1.15. The molecule has 31 heavy (non-hydrogen) atoms. The molecule has 176 valence electrons. The largest absolute Gasteiger partial charge is 0.463 e. The van der Waals surface area contributed by atoms with Crippen LogP contribution in [0.3, 0.4) is 0 Å². The molecule has 3 fully saturated rings. The van der Waals surface area contributed by atoms with E-state index in [2.05, 4.69) is 0 Å². The zero-order chi connectivity index (χ0) is 22.9. The number of esters is 3. The highest BCUT2D eigenvalue weighted by atomic mass is 32.2. The number of aliphatic hydroxyl groups is 3. The van der Waals surface area contributed by atoms with E-state index in [-0.39, 0.29) is 12.4 Å². The van der Waals surface area contributed by atoms with E-state index in [9.17, 15) is 29.7 Å². The lowest BCUT2D eigenvalue weighted by Crippen LogP contribution is -2.65. The number of carbonyl (C=O) groups excluding carboxylic acids is 3. The first-order valence-corrected chi connectivity index (χ1v) is 10.7. The van der Waals surface area contributed by atoms with Crippen molar-refractivity contribution in [2.75, 3.05) is 19.0 Å². The summed E-state index contributed by atoms with van der Waals surface area (Å²) in [5.41, 5.74) is -0.748. The van der Waals surface area contributed by atoms with Crippen molar-refractivity contribution in [3.8, 4) is 0 Å². The number of thioether (sulfide) groups is 1. The Morgan fingerprint density at radius 2 is 1.68 bits per heavy atom. The van der Waals surface area contributed by atoms with Gasteiger partial charge < -0.3 is 43.7 Å². The molecule has 12 nitrogen and oxygen atoms in total. The minimum absolute atomic E-state index is 0.0292. The summed E-state index contributed by atoms with van der Waals surface area (Å²) in [5, 5.41) is 30.1. The van der Waals surface area contributed by atoms with Crippen molar-refractivity contribution in [2.45, 2.75) is 74.7 Å². The molecule has 3 N–H and O–H groups in total. The highest BCUT2D eigenvalue weighted by molar-refractivity contribution is 7.99. The van der Waals surface area contributed by atoms with Crippen molar-refractivity contribution >= 4 is 29.7 Å². The molecule has 0 aromatic heterocycles. The van der Waals surface area contributed by atoms with Gasteiger partial charge in [-0.2, -0.15) is 0 Å². The Hall–Kier alpha value is -1.48. The van der Waals surface area contributed by atoms with Gasteiger partial charge in [-0.1, -0.05) is 0 Å². The first-order valence-electron chi connectivity index (χ1n) is 9.65. The third-order valence-electron chi connectivity index (χ3n) is 5.10. The lowest BCUT2D eigenvalue weighted by atomic mass is 9.98. The van der Waals surface area contributed by atoms with E-state index in [1.54, 1.807) is 0 Å². The van der Waals surface area contributed by atoms with Crippen LogP contribution in [0.25, 0.3) is 0 Å². The molecular weight excluding hydrogens is 440 g/mol. The minimum atomic E-state index is -1.68. The molecule has 0 saturated carbocycles. The van der Waals surface area contributed by atoms with Crippen molar-refractivity contribution in [1.29, 1.82) is 0 Å². The van der Waals surface area contributed by atoms with Crippen molar-refractivity contribution in [3.05, 3.63) is 0 Å². The summed E-state index contributed by atoms with van der Waals surface area (Å²) < 4.78 is 33.3. The number of aliphatic hydroxyl groups excluding tert-OH is 3. The molecule has 0 unspecified atom stereocenters. The van der Waals surface area contributed by atoms with Crippen LogP contribution in [0.4, 0.5) is 0 Å². The SMILES string of the molecule is CC(=O)OC[C@H]1O[C@@]2(CS[C@H]3O[C@H](CO)[C@@H](O)[C@H](O)[C@H]3O2)[C@@H](OC(C)=O)[C@@H]1OC(C)=O. The number of fused-ring (bicyclic) bond motifs is 1. The fraction of sp³-hybridized carbons (Fsp3) is 0.833. The van der Waals surface area contributed by atoms with Crippen molar-refractivity contribution in [3.63, 3.8) is 0 Å². The summed E-state index contributed by atoms with van der Waals surface area (Å²) in [6, 6.07) is 0. The monoisotopic (exact) mass is 466 g/mol. The van der Waals surface area contributed by atoms with Gasteiger partial charge in [0.1, 0.15) is 42.6 Å². The molecular formula is C18H26O12S. The van der Waals surface area contributed by atoms with Gasteiger partial charge in [-0.25, -0.2) is 0 Å². The van der Waals surface area contributed by atoms with E-state index in [0.29, 0.717) is 0 Å². The van der Waals surface area contributed by atoms with Crippen LogP contribution in [-0.2, 0) is 42.8 Å². The summed E-state index contributed by atoms with van der Waals surface area (Å²) in [4.78, 5) is 34.8. The third-order valence-corrected chi connectivity index (χ3v) is 6.38. The highest BCUT2D eigenvalue weighted by Gasteiger charge is 2.65. The summed E-state index contributed by atoms with van der Waals surface area (Å²) in [6.45, 7) is 2.71. The van der Waals surface area contributed by atoms with Crippen LogP contribution >= 0.6 is 11.8 Å². The number of hydrogen-bond acceptors (Lipinski definition) is 13. The second-order valence-corrected chi connectivity index (χ2v) is 8.56. The quantitative estimate of drug-likeness (QED) is 0.303. The second-order valence-electron chi connectivity index (χ2n) is 7.47. The van der Waals surface area contributed by atoms with Crippen LogP contribution in [0.15, 0.2) is 0 Å². The maximum absolute atomic E-state index is 11.8. The van der Waals surface area contributed by atoms with Crippen molar-refractivity contribution < 1.29 is 58.1 Å². The molecule has 0 amide bonds. The molecule has 0 radical (unpaired) electrons. The molecule has 0 bridgehead atoms. The third kappa shape index (κ3) is 4.97. The van der Waals surface area contributed by atoms with E-state index in [4.69, 9.17) is 28.4 Å². The summed E-state index contributed by atoms with van der Waals surface area (Å²) in [5.74, 6) is -3.63. The molecule has 9 atom stereocenters. The molecule has 3 aliphatic rings. The molecule has 1 spiro atoms. The van der Waals surface area contributed by atoms with Crippen molar-refractivity contribution in [2.24, 2.45) is 0 Å².